The number of anilines is 1. The van der Waals surface area contributed by atoms with Crippen LogP contribution in [0, 0.1) is 0 Å². The minimum absolute atomic E-state index is 0.00268. The Kier molecular flexibility index (Phi) is 5.34. The molecule has 0 fully saturated rings. The lowest BCUT2D eigenvalue weighted by Gasteiger charge is -2.21. The average molecular weight is 579 g/mol. The fourth-order valence-electron chi connectivity index (χ4n) is 5.56. The number of hydrogen-bond donors (Lipinski definition) is 0. The maximum absolute atomic E-state index is 7.92. The van der Waals surface area contributed by atoms with Gasteiger partial charge in [0, 0.05) is 82.3 Å². The molecule has 0 saturated heterocycles. The van der Waals surface area contributed by atoms with Crippen LogP contribution >= 0.6 is 22.7 Å². The van der Waals surface area contributed by atoms with Crippen LogP contribution in [0.15, 0.2) is 90.4 Å². The van der Waals surface area contributed by atoms with Crippen LogP contribution in [0.25, 0.3) is 41.5 Å². The van der Waals surface area contributed by atoms with Crippen molar-refractivity contribution in [1.82, 2.24) is 9.88 Å². The number of pyridine rings is 1. The molecule has 206 valence electrons. The normalized spacial score (nSPS) is 15.7. The van der Waals surface area contributed by atoms with Crippen molar-refractivity contribution >= 4 is 58.6 Å². The van der Waals surface area contributed by atoms with Gasteiger partial charge in [0.15, 0.2) is 5.06 Å². The van der Waals surface area contributed by atoms with Gasteiger partial charge in [-0.3, -0.25) is 4.98 Å². The molecule has 6 aromatic rings. The molecule has 41 heavy (non-hydrogen) atoms. The van der Waals surface area contributed by atoms with Gasteiger partial charge in [-0.2, -0.15) is 0 Å². The van der Waals surface area contributed by atoms with E-state index >= 15 is 0 Å². The highest BCUT2D eigenvalue weighted by Gasteiger charge is 2.23. The van der Waals surface area contributed by atoms with Crippen LogP contribution in [0.3, 0.4) is 0 Å². The van der Waals surface area contributed by atoms with E-state index < -0.39 is 6.98 Å². The van der Waals surface area contributed by atoms with E-state index in [-0.39, 0.29) is 12.1 Å². The van der Waals surface area contributed by atoms with Crippen molar-refractivity contribution in [3.63, 3.8) is 0 Å². The van der Waals surface area contributed by atoms with Crippen molar-refractivity contribution in [2.45, 2.75) is 40.0 Å². The number of ether oxygens (including phenoxy) is 1. The van der Waals surface area contributed by atoms with E-state index in [1.807, 2.05) is 60.5 Å². The smallest absolute Gasteiger partial charge is 0.182 e. The lowest BCUT2D eigenvalue weighted by Crippen LogP contribution is -2.24. The summed E-state index contributed by atoms with van der Waals surface area (Å²) in [5.74, 6) is 0.702. The topological polar surface area (TPSA) is 28.6 Å². The molecule has 6 heteroatoms. The van der Waals surface area contributed by atoms with Crippen LogP contribution in [-0.2, 0) is 5.41 Å². The molecular formula is C35H33N3OS2. The molecule has 7 rings (SSSR count). The largest absolute Gasteiger partial charge is 0.447 e. The zero-order valence-corrected chi connectivity index (χ0v) is 25.4. The van der Waals surface area contributed by atoms with Crippen LogP contribution in [0.2, 0.25) is 0 Å². The summed E-state index contributed by atoms with van der Waals surface area (Å²) in [5, 5.41) is 4.39. The molecule has 0 radical (unpaired) electrons. The van der Waals surface area contributed by atoms with Gasteiger partial charge in [0.25, 0.3) is 0 Å². The first-order chi connectivity index (χ1) is 20.9. The van der Waals surface area contributed by atoms with E-state index in [0.717, 1.165) is 43.5 Å². The third-order valence-electron chi connectivity index (χ3n) is 7.99. The monoisotopic (exact) mass is 578 g/mol. The van der Waals surface area contributed by atoms with Gasteiger partial charge < -0.3 is 14.5 Å². The Balaban J connectivity index is 1.32. The molecule has 0 bridgehead atoms. The minimum atomic E-state index is -2.19. The Labute approximate surface area is 253 Å². The average Bonchev–Trinajstić information content (AvgIpc) is 3.64. The van der Waals surface area contributed by atoms with Crippen LogP contribution < -0.4 is 9.64 Å². The van der Waals surface area contributed by atoms with E-state index in [1.54, 1.807) is 11.3 Å². The molecule has 1 aliphatic heterocycles. The molecular weight excluding hydrogens is 543 g/mol. The number of allylic oxidation sites excluding steroid dienone is 2. The predicted molar refractivity (Wildman–Crippen MR) is 177 cm³/mol. The summed E-state index contributed by atoms with van der Waals surface area (Å²) in [6.07, 6.45) is 1.92. The molecule has 0 saturated carbocycles. The van der Waals surface area contributed by atoms with Crippen molar-refractivity contribution < 1.29 is 8.85 Å². The van der Waals surface area contributed by atoms with E-state index in [0.29, 0.717) is 5.75 Å². The Morgan fingerprint density at radius 1 is 0.854 bits per heavy atom. The fourth-order valence-corrected chi connectivity index (χ4v) is 7.77. The predicted octanol–water partition coefficient (Wildman–Crippen LogP) is 10.4. The lowest BCUT2D eigenvalue weighted by atomic mass is 9.86. The molecule has 4 heterocycles. The van der Waals surface area contributed by atoms with Crippen molar-refractivity contribution in [2.75, 3.05) is 18.5 Å². The van der Waals surface area contributed by atoms with Crippen LogP contribution in [0.5, 0.6) is 10.8 Å². The molecule has 3 aromatic heterocycles. The molecule has 0 N–H and O–H groups in total. The van der Waals surface area contributed by atoms with Crippen molar-refractivity contribution in [1.29, 1.82) is 0 Å². The Morgan fingerprint density at radius 2 is 1.71 bits per heavy atom. The van der Waals surface area contributed by atoms with E-state index in [2.05, 4.69) is 69.3 Å². The highest BCUT2D eigenvalue weighted by atomic mass is 32.1. The molecule has 4 nitrogen and oxygen atoms in total. The number of aromatic nitrogens is 1. The molecule has 0 aliphatic carbocycles. The standard InChI is InChI=1S/C35H33N3OS2/c1-21-22(2)38(20-37(21)6)24-10-9-11-25(17-24)39-32-18-27-30(41-32)19-31-34(26-12-7-8-13-29(26)40-31)33(27)28-16-23(14-15-36-28)35(3,4)5/h7-19H,20H2,1-6H3/i6D3. The van der Waals surface area contributed by atoms with E-state index in [4.69, 9.17) is 13.8 Å². The van der Waals surface area contributed by atoms with Gasteiger partial charge >= 0.3 is 0 Å². The summed E-state index contributed by atoms with van der Waals surface area (Å²) < 4.78 is 33.9. The van der Waals surface area contributed by atoms with Crippen LogP contribution in [0.4, 0.5) is 5.69 Å². The third kappa shape index (κ3) is 4.46. The van der Waals surface area contributed by atoms with E-state index in [9.17, 15) is 0 Å². The number of fused-ring (bicyclic) bond motifs is 4. The summed E-state index contributed by atoms with van der Waals surface area (Å²) in [6, 6.07) is 25.2. The fraction of sp³-hybridized carbons (Fsp3) is 0.229. The van der Waals surface area contributed by atoms with Crippen LogP contribution in [0.1, 0.15) is 44.3 Å². The Hall–Kier alpha value is -3.87. The zero-order valence-electron chi connectivity index (χ0n) is 26.8. The van der Waals surface area contributed by atoms with Crippen molar-refractivity contribution in [3.05, 3.63) is 96.0 Å². The molecule has 3 aromatic carbocycles. The number of hydrogen-bond acceptors (Lipinski definition) is 6. The van der Waals surface area contributed by atoms with Gasteiger partial charge in [-0.05, 0) is 61.2 Å². The zero-order chi connectivity index (χ0) is 31.0. The highest BCUT2D eigenvalue weighted by Crippen LogP contribution is 2.48. The first-order valence-corrected chi connectivity index (χ1v) is 15.4. The highest BCUT2D eigenvalue weighted by molar-refractivity contribution is 7.26. The maximum Gasteiger partial charge on any atom is 0.182 e. The quantitative estimate of drug-likeness (QED) is 0.208. The minimum Gasteiger partial charge on any atom is -0.447 e. The molecule has 0 amide bonds. The van der Waals surface area contributed by atoms with Crippen LogP contribution in [-0.4, -0.2) is 23.5 Å². The number of thiophene rings is 2. The second-order valence-corrected chi connectivity index (χ2v) is 13.8. The van der Waals surface area contributed by atoms with Gasteiger partial charge in [0.1, 0.15) is 5.75 Å². The van der Waals surface area contributed by atoms with Gasteiger partial charge in [-0.1, -0.05) is 56.4 Å². The van der Waals surface area contributed by atoms with Gasteiger partial charge in [-0.25, -0.2) is 0 Å². The summed E-state index contributed by atoms with van der Waals surface area (Å²) in [6.45, 7) is 8.59. The number of benzene rings is 3. The lowest BCUT2D eigenvalue weighted by molar-refractivity contribution is 0.459. The van der Waals surface area contributed by atoms with Gasteiger partial charge in [0.2, 0.25) is 0 Å². The van der Waals surface area contributed by atoms with E-state index in [1.165, 1.54) is 30.6 Å². The summed E-state index contributed by atoms with van der Waals surface area (Å²) in [7, 11) is 0. The Bertz CT molecular complexity index is 2100. The SMILES string of the molecule is [2H]C([2H])([2H])N1CN(c2cccc(Oc3cc4c(-c5cc(C(C)(C)C)ccn5)c5c(cc4s3)sc3ccccc35)c2)C(C)=C1C. The van der Waals surface area contributed by atoms with Crippen molar-refractivity contribution in [3.8, 4) is 22.1 Å². The molecule has 0 unspecified atom stereocenters. The molecule has 1 aliphatic rings. The van der Waals surface area contributed by atoms with Gasteiger partial charge in [0.05, 0.1) is 12.4 Å². The molecule has 0 spiro atoms. The maximum atomic E-state index is 7.92. The molecule has 0 atom stereocenters. The van der Waals surface area contributed by atoms with Gasteiger partial charge in [-0.15, -0.1) is 11.3 Å². The second kappa shape index (κ2) is 9.61. The first kappa shape index (κ1) is 22.8. The number of rotatable bonds is 4. The summed E-state index contributed by atoms with van der Waals surface area (Å²) >= 11 is 3.44. The third-order valence-corrected chi connectivity index (χ3v) is 10.1. The Morgan fingerprint density at radius 3 is 2.51 bits per heavy atom. The summed E-state index contributed by atoms with van der Waals surface area (Å²) in [4.78, 5) is 8.39. The summed E-state index contributed by atoms with van der Waals surface area (Å²) in [5.41, 5.74) is 5.91. The second-order valence-electron chi connectivity index (χ2n) is 11.6. The van der Waals surface area contributed by atoms with Crippen molar-refractivity contribution in [2.24, 2.45) is 0 Å². The first-order valence-electron chi connectivity index (χ1n) is 15.2. The number of nitrogens with zero attached hydrogens (tertiary/aromatic N) is 3.